The van der Waals surface area contributed by atoms with Crippen LogP contribution >= 0.6 is 15.9 Å². The van der Waals surface area contributed by atoms with Gasteiger partial charge in [-0.2, -0.15) is 0 Å². The predicted molar refractivity (Wildman–Crippen MR) is 103 cm³/mol. The molecule has 1 heterocycles. The summed E-state index contributed by atoms with van der Waals surface area (Å²) in [5, 5.41) is 9.85. The average molecular weight is 389 g/mol. The number of aliphatic imine (C=N–C) groups is 1. The number of nitrogens with one attached hydrogen (secondary N) is 1. The summed E-state index contributed by atoms with van der Waals surface area (Å²) in [4.78, 5) is 8.58. The van der Waals surface area contributed by atoms with Gasteiger partial charge in [0.25, 0.3) is 0 Å². The smallest absolute Gasteiger partial charge is 0.124 e. The fourth-order valence-electron chi connectivity index (χ4n) is 2.96. The number of phenolic OH excluding ortho intramolecular Hbond substituents is 1. The number of hydrogen-bond acceptors (Lipinski definition) is 3. The number of benzene rings is 2. The van der Waals surface area contributed by atoms with E-state index in [2.05, 4.69) is 44.9 Å². The quantitative estimate of drug-likeness (QED) is 0.790. The van der Waals surface area contributed by atoms with Gasteiger partial charge in [-0.15, -0.1) is 0 Å². The molecule has 0 saturated carbocycles. The Kier molecular flexibility index (Phi) is 5.53. The monoisotopic (exact) mass is 388 g/mol. The molecule has 2 aromatic carbocycles. The Labute approximate surface area is 151 Å². The third-order valence-corrected chi connectivity index (χ3v) is 5.02. The van der Waals surface area contributed by atoms with Crippen LogP contribution in [-0.2, 0) is 0 Å². The maximum atomic E-state index is 9.85. The van der Waals surface area contributed by atoms with Gasteiger partial charge >= 0.3 is 0 Å². The highest BCUT2D eigenvalue weighted by molar-refractivity contribution is 9.10. The van der Waals surface area contributed by atoms with Gasteiger partial charge in [0.15, 0.2) is 0 Å². The molecule has 0 aliphatic carbocycles. The van der Waals surface area contributed by atoms with Crippen molar-refractivity contribution in [3.8, 4) is 5.75 Å². The Bertz CT molecular complexity index is 707. The van der Waals surface area contributed by atoms with Gasteiger partial charge in [0.1, 0.15) is 5.75 Å². The second-order valence-electron chi connectivity index (χ2n) is 6.07. The Balaban J connectivity index is 1.66. The molecule has 126 valence electrons. The van der Waals surface area contributed by atoms with E-state index >= 15 is 0 Å². The largest absolute Gasteiger partial charge is 0.507 e. The number of likely N-dealkylation sites (N-methyl/N-ethyl adjacent to an activating group) is 1. The molecule has 4 nitrogen and oxygen atoms in total. The lowest BCUT2D eigenvalue weighted by Crippen LogP contribution is -3.14. The first kappa shape index (κ1) is 17.0. The standard InChI is InChI=1S/C19H22BrN3O/c1-2-22-9-11-23(12-10-22)18-6-4-17(5-7-18)21-14-15-13-16(20)3-8-19(15)24/h3-8,13-14,24H,2,9-12H2,1H3/p+1. The van der Waals surface area contributed by atoms with Crippen LogP contribution in [0.4, 0.5) is 11.4 Å². The molecule has 2 N–H and O–H groups in total. The SMILES string of the molecule is CC[NH+]1CCN(c2ccc(N=Cc3cc(Br)ccc3O)cc2)CC1. The molecule has 1 fully saturated rings. The number of phenols is 1. The first-order chi connectivity index (χ1) is 11.7. The van der Waals surface area contributed by atoms with Crippen molar-refractivity contribution in [1.29, 1.82) is 0 Å². The van der Waals surface area contributed by atoms with E-state index in [0.29, 0.717) is 5.56 Å². The lowest BCUT2D eigenvalue weighted by molar-refractivity contribution is -0.898. The van der Waals surface area contributed by atoms with Gasteiger partial charge in [-0.3, -0.25) is 4.99 Å². The summed E-state index contributed by atoms with van der Waals surface area (Å²) >= 11 is 3.41. The summed E-state index contributed by atoms with van der Waals surface area (Å²) in [6, 6.07) is 13.6. The number of hydrogen-bond donors (Lipinski definition) is 2. The molecule has 24 heavy (non-hydrogen) atoms. The zero-order chi connectivity index (χ0) is 16.9. The molecule has 0 amide bonds. The summed E-state index contributed by atoms with van der Waals surface area (Å²) in [6.45, 7) is 8.09. The van der Waals surface area contributed by atoms with Crippen LogP contribution in [0.3, 0.4) is 0 Å². The van der Waals surface area contributed by atoms with Crippen molar-refractivity contribution in [1.82, 2.24) is 0 Å². The lowest BCUT2D eigenvalue weighted by atomic mass is 10.2. The van der Waals surface area contributed by atoms with E-state index in [1.165, 1.54) is 25.3 Å². The number of piperazine rings is 1. The molecule has 0 unspecified atom stereocenters. The lowest BCUT2D eigenvalue weighted by Gasteiger charge is -2.33. The summed E-state index contributed by atoms with van der Waals surface area (Å²) in [5.41, 5.74) is 2.84. The summed E-state index contributed by atoms with van der Waals surface area (Å²) in [5.74, 6) is 0.231. The van der Waals surface area contributed by atoms with Gasteiger partial charge in [-0.05, 0) is 49.4 Å². The van der Waals surface area contributed by atoms with E-state index in [1.807, 2.05) is 24.3 Å². The van der Waals surface area contributed by atoms with Crippen molar-refractivity contribution in [3.05, 3.63) is 52.5 Å². The van der Waals surface area contributed by atoms with Crippen LogP contribution in [0.1, 0.15) is 12.5 Å². The van der Waals surface area contributed by atoms with Crippen molar-refractivity contribution in [2.24, 2.45) is 4.99 Å². The Hall–Kier alpha value is -1.85. The van der Waals surface area contributed by atoms with Crippen molar-refractivity contribution in [2.45, 2.75) is 6.92 Å². The maximum Gasteiger partial charge on any atom is 0.124 e. The molecule has 0 radical (unpaired) electrons. The minimum Gasteiger partial charge on any atom is -0.507 e. The van der Waals surface area contributed by atoms with Gasteiger partial charge in [0, 0.05) is 21.9 Å². The van der Waals surface area contributed by atoms with Crippen LogP contribution in [-0.4, -0.2) is 44.0 Å². The number of halogens is 1. The second-order valence-corrected chi connectivity index (χ2v) is 6.98. The van der Waals surface area contributed by atoms with Crippen LogP contribution in [0.15, 0.2) is 51.9 Å². The van der Waals surface area contributed by atoms with E-state index in [9.17, 15) is 5.11 Å². The minimum atomic E-state index is 0.231. The van der Waals surface area contributed by atoms with Crippen LogP contribution in [0.5, 0.6) is 5.75 Å². The van der Waals surface area contributed by atoms with Crippen LogP contribution < -0.4 is 9.80 Å². The molecule has 0 bridgehead atoms. The zero-order valence-corrected chi connectivity index (χ0v) is 15.5. The van der Waals surface area contributed by atoms with Gasteiger partial charge < -0.3 is 14.9 Å². The molecular formula is C19H23BrN3O+. The van der Waals surface area contributed by atoms with E-state index in [-0.39, 0.29) is 5.75 Å². The Morgan fingerprint density at radius 3 is 2.54 bits per heavy atom. The van der Waals surface area contributed by atoms with Crippen molar-refractivity contribution in [2.75, 3.05) is 37.6 Å². The van der Waals surface area contributed by atoms with Gasteiger partial charge in [-0.25, -0.2) is 0 Å². The highest BCUT2D eigenvalue weighted by Gasteiger charge is 2.18. The van der Waals surface area contributed by atoms with Gasteiger partial charge in [-0.1, -0.05) is 15.9 Å². The summed E-state index contributed by atoms with van der Waals surface area (Å²) in [7, 11) is 0. The number of nitrogens with zero attached hydrogens (tertiary/aromatic N) is 2. The second kappa shape index (κ2) is 7.81. The fourth-order valence-corrected chi connectivity index (χ4v) is 3.34. The summed E-state index contributed by atoms with van der Waals surface area (Å²) in [6.07, 6.45) is 1.69. The van der Waals surface area contributed by atoms with E-state index in [0.717, 1.165) is 23.2 Å². The van der Waals surface area contributed by atoms with E-state index in [1.54, 1.807) is 17.2 Å². The van der Waals surface area contributed by atoms with Crippen molar-refractivity contribution >= 4 is 33.5 Å². The molecule has 1 saturated heterocycles. The van der Waals surface area contributed by atoms with Crippen LogP contribution in [0.2, 0.25) is 0 Å². The van der Waals surface area contributed by atoms with Crippen LogP contribution in [0, 0.1) is 0 Å². The zero-order valence-electron chi connectivity index (χ0n) is 13.9. The highest BCUT2D eigenvalue weighted by atomic mass is 79.9. The number of quaternary nitrogens is 1. The molecular weight excluding hydrogens is 366 g/mol. The highest BCUT2D eigenvalue weighted by Crippen LogP contribution is 2.23. The van der Waals surface area contributed by atoms with Gasteiger partial charge in [0.05, 0.1) is 38.4 Å². The predicted octanol–water partition coefficient (Wildman–Crippen LogP) is 2.63. The number of aromatic hydroxyl groups is 1. The molecule has 0 aromatic heterocycles. The Morgan fingerprint density at radius 2 is 1.88 bits per heavy atom. The summed E-state index contributed by atoms with van der Waals surface area (Å²) < 4.78 is 0.922. The molecule has 0 atom stereocenters. The third-order valence-electron chi connectivity index (χ3n) is 4.53. The topological polar surface area (TPSA) is 40.3 Å². The number of rotatable bonds is 4. The Morgan fingerprint density at radius 1 is 1.17 bits per heavy atom. The minimum absolute atomic E-state index is 0.231. The van der Waals surface area contributed by atoms with E-state index in [4.69, 9.17) is 0 Å². The van der Waals surface area contributed by atoms with Crippen molar-refractivity contribution < 1.29 is 10.0 Å². The maximum absolute atomic E-state index is 9.85. The van der Waals surface area contributed by atoms with Crippen LogP contribution in [0.25, 0.3) is 0 Å². The first-order valence-corrected chi connectivity index (χ1v) is 9.16. The number of anilines is 1. The molecule has 0 spiro atoms. The molecule has 5 heteroatoms. The molecule has 2 aromatic rings. The van der Waals surface area contributed by atoms with Crippen molar-refractivity contribution in [3.63, 3.8) is 0 Å². The normalized spacial score (nSPS) is 16.0. The molecule has 3 rings (SSSR count). The first-order valence-electron chi connectivity index (χ1n) is 8.37. The third kappa shape index (κ3) is 4.16. The van der Waals surface area contributed by atoms with Gasteiger partial charge in [0.2, 0.25) is 0 Å². The fraction of sp³-hybridized carbons (Fsp3) is 0.316. The molecule has 1 aliphatic heterocycles. The van der Waals surface area contributed by atoms with E-state index < -0.39 is 0 Å². The average Bonchev–Trinajstić information content (AvgIpc) is 2.63. The molecule has 1 aliphatic rings.